The van der Waals surface area contributed by atoms with E-state index in [2.05, 4.69) is 41.2 Å². The van der Waals surface area contributed by atoms with Crippen LogP contribution in [0.1, 0.15) is 25.3 Å². The smallest absolute Gasteiger partial charge is 0.262 e. The summed E-state index contributed by atoms with van der Waals surface area (Å²) in [5.41, 5.74) is 5.03. The Bertz CT molecular complexity index is 1080. The van der Waals surface area contributed by atoms with Gasteiger partial charge in [0.1, 0.15) is 5.75 Å². The average Bonchev–Trinajstić information content (AvgIpc) is 3.08. The van der Waals surface area contributed by atoms with Crippen molar-refractivity contribution in [2.75, 3.05) is 11.9 Å². The molecule has 3 aromatic rings. The normalized spacial score (nSPS) is 13.8. The number of aromatic nitrogens is 1. The largest absolute Gasteiger partial charge is 0.482 e. The molecule has 1 aromatic heterocycles. The van der Waals surface area contributed by atoms with Gasteiger partial charge in [0, 0.05) is 17.5 Å². The first-order valence-corrected chi connectivity index (χ1v) is 10.4. The summed E-state index contributed by atoms with van der Waals surface area (Å²) < 4.78 is 7.75. The van der Waals surface area contributed by atoms with Gasteiger partial charge in [-0.3, -0.25) is 4.79 Å². The third-order valence-corrected chi connectivity index (χ3v) is 5.53. The number of nitrogens with one attached hydrogen (secondary N) is 1. The molecule has 0 radical (unpaired) electrons. The molecule has 0 aliphatic carbocycles. The number of anilines is 1. The van der Waals surface area contributed by atoms with Gasteiger partial charge in [-0.05, 0) is 49.2 Å². The van der Waals surface area contributed by atoms with Gasteiger partial charge in [0.2, 0.25) is 0 Å². The van der Waals surface area contributed by atoms with Crippen LogP contribution in [0, 0.1) is 6.92 Å². The van der Waals surface area contributed by atoms with E-state index in [1.807, 2.05) is 30.3 Å². The molecule has 2 heterocycles. The number of hydrogen-bond donors (Lipinski definition) is 1. The first-order valence-electron chi connectivity index (χ1n) is 9.51. The van der Waals surface area contributed by atoms with E-state index >= 15 is 0 Å². The number of ether oxygens (including phenoxy) is 1. The maximum absolute atomic E-state index is 11.7. The summed E-state index contributed by atoms with van der Waals surface area (Å²) in [5.74, 6) is 0.590. The molecule has 0 fully saturated rings. The zero-order chi connectivity index (χ0) is 19.5. The molecule has 2 aromatic carbocycles. The third-order valence-electron chi connectivity index (χ3n) is 4.67. The molecule has 144 valence electrons. The van der Waals surface area contributed by atoms with E-state index in [4.69, 9.17) is 9.73 Å². The summed E-state index contributed by atoms with van der Waals surface area (Å²) in [6.07, 6.45) is 2.19. The quantitative estimate of drug-likeness (QED) is 0.671. The lowest BCUT2D eigenvalue weighted by atomic mass is 10.1. The Morgan fingerprint density at radius 2 is 2.14 bits per heavy atom. The number of unbranched alkanes of at least 4 members (excludes halogenated alkanes) is 1. The van der Waals surface area contributed by atoms with Crippen molar-refractivity contribution < 1.29 is 9.53 Å². The molecule has 0 spiro atoms. The number of amides is 1. The van der Waals surface area contributed by atoms with Crippen molar-refractivity contribution in [2.24, 2.45) is 4.99 Å². The first-order chi connectivity index (χ1) is 13.6. The van der Waals surface area contributed by atoms with Crippen LogP contribution in [0.15, 0.2) is 52.8 Å². The van der Waals surface area contributed by atoms with Gasteiger partial charge in [0.05, 0.1) is 17.1 Å². The number of nitrogens with zero attached hydrogens (tertiary/aromatic N) is 2. The molecule has 28 heavy (non-hydrogen) atoms. The average molecular weight is 394 g/mol. The maximum Gasteiger partial charge on any atom is 0.262 e. The first kappa shape index (κ1) is 18.5. The molecule has 0 unspecified atom stereocenters. The highest BCUT2D eigenvalue weighted by Gasteiger charge is 2.17. The van der Waals surface area contributed by atoms with Crippen molar-refractivity contribution in [1.82, 2.24) is 4.57 Å². The van der Waals surface area contributed by atoms with Crippen LogP contribution >= 0.6 is 11.3 Å². The number of rotatable bonds is 5. The van der Waals surface area contributed by atoms with Crippen LogP contribution in [-0.4, -0.2) is 17.1 Å². The van der Waals surface area contributed by atoms with E-state index in [1.165, 1.54) is 5.56 Å². The summed E-state index contributed by atoms with van der Waals surface area (Å²) in [5, 5.41) is 5.03. The van der Waals surface area contributed by atoms with E-state index in [9.17, 15) is 4.79 Å². The zero-order valence-electron chi connectivity index (χ0n) is 16.1. The van der Waals surface area contributed by atoms with Crippen LogP contribution in [0.4, 0.5) is 11.4 Å². The van der Waals surface area contributed by atoms with Crippen LogP contribution in [0.2, 0.25) is 0 Å². The van der Waals surface area contributed by atoms with Gasteiger partial charge >= 0.3 is 0 Å². The van der Waals surface area contributed by atoms with Crippen LogP contribution in [0.3, 0.4) is 0 Å². The lowest BCUT2D eigenvalue weighted by molar-refractivity contribution is -0.118. The van der Waals surface area contributed by atoms with Gasteiger partial charge in [0.25, 0.3) is 5.91 Å². The van der Waals surface area contributed by atoms with Gasteiger partial charge in [-0.2, -0.15) is 0 Å². The number of benzene rings is 2. The minimum atomic E-state index is -0.121. The monoisotopic (exact) mass is 393 g/mol. The van der Waals surface area contributed by atoms with Crippen molar-refractivity contribution in [2.45, 2.75) is 33.2 Å². The van der Waals surface area contributed by atoms with Crippen LogP contribution in [0.5, 0.6) is 5.75 Å². The van der Waals surface area contributed by atoms with E-state index in [-0.39, 0.29) is 12.5 Å². The highest BCUT2D eigenvalue weighted by Crippen LogP contribution is 2.33. The van der Waals surface area contributed by atoms with Crippen LogP contribution < -0.4 is 14.9 Å². The van der Waals surface area contributed by atoms with Crippen molar-refractivity contribution >= 4 is 28.6 Å². The summed E-state index contributed by atoms with van der Waals surface area (Å²) in [7, 11) is 0. The van der Waals surface area contributed by atoms with Gasteiger partial charge in [-0.1, -0.05) is 25.5 Å². The Morgan fingerprint density at radius 1 is 1.25 bits per heavy atom. The minimum absolute atomic E-state index is 0.0703. The molecule has 0 bridgehead atoms. The van der Waals surface area contributed by atoms with Gasteiger partial charge in [0.15, 0.2) is 11.4 Å². The van der Waals surface area contributed by atoms with Crippen molar-refractivity contribution in [1.29, 1.82) is 0 Å². The number of thiazole rings is 1. The number of hydrogen-bond acceptors (Lipinski definition) is 4. The second-order valence-corrected chi connectivity index (χ2v) is 7.74. The molecular weight excluding hydrogens is 370 g/mol. The molecule has 1 N–H and O–H groups in total. The standard InChI is InChI=1S/C22H23N3O2S/c1-3-4-10-25-19(14-28-22(25)23-17-7-5-6-15(2)11-17)16-8-9-20-18(12-16)24-21(26)13-27-20/h5-9,11-12,14H,3-4,10,13H2,1-2H3,(H,24,26). The summed E-state index contributed by atoms with van der Waals surface area (Å²) in [6, 6.07) is 14.2. The topological polar surface area (TPSA) is 55.6 Å². The summed E-state index contributed by atoms with van der Waals surface area (Å²) >= 11 is 1.64. The molecule has 1 aliphatic rings. The van der Waals surface area contributed by atoms with E-state index in [0.29, 0.717) is 5.75 Å². The summed E-state index contributed by atoms with van der Waals surface area (Å²) in [4.78, 5) is 17.5. The second kappa shape index (κ2) is 8.02. The summed E-state index contributed by atoms with van der Waals surface area (Å²) in [6.45, 7) is 5.24. The van der Waals surface area contributed by atoms with Crippen molar-refractivity contribution in [3.63, 3.8) is 0 Å². The Labute approximate surface area is 168 Å². The lowest BCUT2D eigenvalue weighted by Crippen LogP contribution is -2.25. The van der Waals surface area contributed by atoms with Crippen LogP contribution in [0.25, 0.3) is 11.3 Å². The SMILES string of the molecule is CCCCn1c(-c2ccc3c(c2)NC(=O)CO3)csc1=Nc1cccc(C)c1. The number of carbonyl (C=O) groups excluding carboxylic acids is 1. The van der Waals surface area contributed by atoms with Crippen LogP contribution in [-0.2, 0) is 11.3 Å². The van der Waals surface area contributed by atoms with Crippen molar-refractivity contribution in [3.05, 3.63) is 58.2 Å². The molecule has 6 heteroatoms. The fourth-order valence-corrected chi connectivity index (χ4v) is 4.19. The Balaban J connectivity index is 1.78. The van der Waals surface area contributed by atoms with Gasteiger partial charge in [-0.25, -0.2) is 4.99 Å². The molecular formula is C22H23N3O2S. The second-order valence-electron chi connectivity index (χ2n) is 6.91. The predicted molar refractivity (Wildman–Crippen MR) is 113 cm³/mol. The number of fused-ring (bicyclic) bond motifs is 1. The highest BCUT2D eigenvalue weighted by atomic mass is 32.1. The molecule has 4 rings (SSSR count). The lowest BCUT2D eigenvalue weighted by Gasteiger charge is -2.19. The van der Waals surface area contributed by atoms with Gasteiger partial charge < -0.3 is 14.6 Å². The number of carbonyl (C=O) groups is 1. The highest BCUT2D eigenvalue weighted by molar-refractivity contribution is 7.07. The molecule has 0 saturated heterocycles. The molecule has 5 nitrogen and oxygen atoms in total. The molecule has 0 atom stereocenters. The fourth-order valence-electron chi connectivity index (χ4n) is 3.23. The molecule has 1 amide bonds. The van der Waals surface area contributed by atoms with E-state index < -0.39 is 0 Å². The Hall–Kier alpha value is -2.86. The van der Waals surface area contributed by atoms with Crippen molar-refractivity contribution in [3.8, 4) is 17.0 Å². The zero-order valence-corrected chi connectivity index (χ0v) is 16.9. The Kier molecular flexibility index (Phi) is 5.30. The predicted octanol–water partition coefficient (Wildman–Crippen LogP) is 4.89. The maximum atomic E-state index is 11.7. The molecule has 0 saturated carbocycles. The minimum Gasteiger partial charge on any atom is -0.482 e. The Morgan fingerprint density at radius 3 is 2.96 bits per heavy atom. The van der Waals surface area contributed by atoms with E-state index in [0.717, 1.165) is 46.8 Å². The third kappa shape index (κ3) is 3.87. The molecule has 1 aliphatic heterocycles. The fraction of sp³-hybridized carbons (Fsp3) is 0.273. The van der Waals surface area contributed by atoms with E-state index in [1.54, 1.807) is 11.3 Å². The number of aryl methyl sites for hydroxylation is 1. The van der Waals surface area contributed by atoms with Gasteiger partial charge in [-0.15, -0.1) is 11.3 Å².